The zero-order chi connectivity index (χ0) is 22.9. The van der Waals surface area contributed by atoms with Crippen LogP contribution in [-0.2, 0) is 28.0 Å². The Hall–Kier alpha value is -2.91. The molecule has 4 rings (SSSR count). The minimum atomic E-state index is -4.01. The Kier molecular flexibility index (Phi) is 6.21. The maximum Gasteiger partial charge on any atom is 0.344 e. The summed E-state index contributed by atoms with van der Waals surface area (Å²) in [6, 6.07) is 12.1. The number of aromatic nitrogens is 2. The lowest BCUT2D eigenvalue weighted by atomic mass is 10.1. The molecule has 2 aromatic heterocycles. The van der Waals surface area contributed by atoms with E-state index in [0.29, 0.717) is 19.4 Å². The Bertz CT molecular complexity index is 1400. The van der Waals surface area contributed by atoms with E-state index in [2.05, 4.69) is 15.2 Å². The topological polar surface area (TPSA) is 114 Å². The Balaban J connectivity index is 1.70. The number of aryl methyl sites for hydroxylation is 3. The first-order chi connectivity index (χ1) is 15.2. The molecule has 0 aliphatic rings. The van der Waals surface area contributed by atoms with Gasteiger partial charge >= 0.3 is 11.9 Å². The van der Waals surface area contributed by atoms with Crippen molar-refractivity contribution in [3.8, 4) is 0 Å². The molecule has 2 N–H and O–H groups in total. The van der Waals surface area contributed by atoms with E-state index < -0.39 is 16.1 Å². The van der Waals surface area contributed by atoms with Gasteiger partial charge < -0.3 is 14.1 Å². The van der Waals surface area contributed by atoms with Gasteiger partial charge in [0.2, 0.25) is 5.58 Å². The number of para-hydroxylation sites is 1. The lowest BCUT2D eigenvalue weighted by Crippen LogP contribution is -2.35. The van der Waals surface area contributed by atoms with Crippen LogP contribution in [0.15, 0.2) is 40.8 Å². The molecule has 2 heterocycles. The van der Waals surface area contributed by atoms with E-state index in [9.17, 15) is 13.2 Å². The van der Waals surface area contributed by atoms with E-state index in [1.165, 1.54) is 0 Å². The van der Waals surface area contributed by atoms with Crippen LogP contribution in [0.25, 0.3) is 32.9 Å². The van der Waals surface area contributed by atoms with Gasteiger partial charge in [0.05, 0.1) is 18.2 Å². The van der Waals surface area contributed by atoms with Crippen LogP contribution in [0.1, 0.15) is 38.0 Å². The van der Waals surface area contributed by atoms with Crippen molar-refractivity contribution in [2.45, 2.75) is 52.1 Å². The number of benzene rings is 2. The van der Waals surface area contributed by atoms with Crippen molar-refractivity contribution in [3.05, 3.63) is 42.3 Å². The van der Waals surface area contributed by atoms with Crippen molar-refractivity contribution in [1.29, 1.82) is 0 Å². The molecule has 0 saturated carbocycles. The molecule has 4 aromatic rings. The number of oxazole rings is 1. The molecule has 32 heavy (non-hydrogen) atoms. The van der Waals surface area contributed by atoms with Crippen LogP contribution in [0, 0.1) is 6.92 Å². The van der Waals surface area contributed by atoms with Crippen LogP contribution in [-0.4, -0.2) is 34.4 Å². The summed E-state index contributed by atoms with van der Waals surface area (Å²) in [4.78, 5) is 10.7. The van der Waals surface area contributed by atoms with Gasteiger partial charge in [-0.15, -0.1) is 0 Å². The fraction of sp³-hybridized carbons (Fsp3) is 0.391. The number of nitrogens with zero attached hydrogens (tertiary/aromatic N) is 2. The van der Waals surface area contributed by atoms with E-state index >= 15 is 0 Å². The molecule has 0 atom stereocenters. The minimum Gasteiger partial charge on any atom is -0.481 e. The van der Waals surface area contributed by atoms with Gasteiger partial charge in [-0.05, 0) is 25.3 Å². The van der Waals surface area contributed by atoms with Crippen molar-refractivity contribution in [1.82, 2.24) is 4.57 Å². The minimum absolute atomic E-state index is 0.188. The summed E-state index contributed by atoms with van der Waals surface area (Å²) in [5.41, 5.74) is 3.69. The van der Waals surface area contributed by atoms with Crippen LogP contribution in [0.5, 0.6) is 0 Å². The van der Waals surface area contributed by atoms with Crippen molar-refractivity contribution in [2.75, 3.05) is 5.75 Å². The van der Waals surface area contributed by atoms with Gasteiger partial charge in [0.25, 0.3) is 15.6 Å². The average molecular weight is 460 g/mol. The van der Waals surface area contributed by atoms with Gasteiger partial charge in [-0.3, -0.25) is 9.35 Å². The number of carboxylic acid groups (broad SMARTS) is 1. The van der Waals surface area contributed by atoms with Crippen molar-refractivity contribution < 1.29 is 31.9 Å². The summed E-state index contributed by atoms with van der Waals surface area (Å²) in [6.07, 6.45) is 2.85. The summed E-state index contributed by atoms with van der Waals surface area (Å²) >= 11 is 0. The molecule has 0 aliphatic heterocycles. The molecule has 0 bridgehead atoms. The zero-order valence-corrected chi connectivity index (χ0v) is 18.8. The molecule has 0 aliphatic carbocycles. The van der Waals surface area contributed by atoms with Crippen LogP contribution < -0.4 is 4.57 Å². The van der Waals surface area contributed by atoms with Crippen molar-refractivity contribution in [2.24, 2.45) is 0 Å². The molecule has 0 fully saturated rings. The number of unbranched alkanes of at least 4 members (excludes halogenated alkanes) is 2. The van der Waals surface area contributed by atoms with Crippen molar-refractivity contribution in [3.63, 3.8) is 0 Å². The van der Waals surface area contributed by atoms with E-state index in [1.54, 1.807) is 0 Å². The first-order valence-electron chi connectivity index (χ1n) is 10.8. The van der Waals surface area contributed by atoms with E-state index in [4.69, 9.17) is 14.1 Å². The molecule has 0 unspecified atom stereocenters. The lowest BCUT2D eigenvalue weighted by Gasteiger charge is -2.06. The van der Waals surface area contributed by atoms with Crippen molar-refractivity contribution >= 4 is 49.0 Å². The predicted molar refractivity (Wildman–Crippen MR) is 121 cm³/mol. The van der Waals surface area contributed by atoms with E-state index in [-0.39, 0.29) is 12.2 Å². The average Bonchev–Trinajstić information content (AvgIpc) is 3.19. The molecular formula is C23H27N2O6S+. The van der Waals surface area contributed by atoms with Crippen LogP contribution in [0.3, 0.4) is 0 Å². The quantitative estimate of drug-likeness (QED) is 0.210. The maximum absolute atomic E-state index is 11.2. The highest BCUT2D eigenvalue weighted by atomic mass is 32.2. The number of carboxylic acids is 1. The number of rotatable bonds is 10. The summed E-state index contributed by atoms with van der Waals surface area (Å²) in [7, 11) is -4.01. The highest BCUT2D eigenvalue weighted by Crippen LogP contribution is 2.32. The Morgan fingerprint density at radius 3 is 2.59 bits per heavy atom. The van der Waals surface area contributed by atoms with Gasteiger partial charge in [0, 0.05) is 47.8 Å². The fourth-order valence-electron chi connectivity index (χ4n) is 4.39. The molecule has 0 saturated heterocycles. The van der Waals surface area contributed by atoms with Crippen LogP contribution in [0.2, 0.25) is 0 Å². The monoisotopic (exact) mass is 459 g/mol. The van der Waals surface area contributed by atoms with Gasteiger partial charge in [0.15, 0.2) is 6.54 Å². The summed E-state index contributed by atoms with van der Waals surface area (Å²) < 4.78 is 41.6. The normalized spacial score (nSPS) is 12.3. The number of carbonyl (C=O) groups is 1. The van der Waals surface area contributed by atoms with Crippen LogP contribution >= 0.6 is 0 Å². The standard InChI is InChI=1S/C23H26N2O6S/c1-16-24(11-6-2-3-10-23(26)27)21-14-18-17-8-4-5-9-19(17)25(12-7-13-32(28,29)30)20(18)15-22(21)31-16/h4-5,8-9,14-15H,2-3,6-7,10-13H2,1H3,(H-,26,27,28,29,30)/p+1. The Labute approximate surface area is 185 Å². The smallest absolute Gasteiger partial charge is 0.344 e. The van der Waals surface area contributed by atoms with Crippen LogP contribution in [0.4, 0.5) is 0 Å². The summed E-state index contributed by atoms with van der Waals surface area (Å²) in [5, 5.41) is 10.9. The molecular weight excluding hydrogens is 432 g/mol. The summed E-state index contributed by atoms with van der Waals surface area (Å²) in [6.45, 7) is 3.12. The van der Waals surface area contributed by atoms with E-state index in [1.807, 2.05) is 37.3 Å². The summed E-state index contributed by atoms with van der Waals surface area (Å²) in [5.74, 6) is -0.267. The third-order valence-corrected chi connectivity index (χ3v) is 6.64. The molecule has 2 aromatic carbocycles. The SMILES string of the molecule is Cc1oc2cc3c(cc2[n+]1CCCCCC(=O)O)c1ccccc1n3CCCS(=O)(=O)O. The molecule has 9 heteroatoms. The third kappa shape index (κ3) is 4.63. The molecule has 0 spiro atoms. The largest absolute Gasteiger partial charge is 0.481 e. The molecule has 8 nitrogen and oxygen atoms in total. The zero-order valence-electron chi connectivity index (χ0n) is 18.0. The highest BCUT2D eigenvalue weighted by molar-refractivity contribution is 7.85. The van der Waals surface area contributed by atoms with E-state index in [0.717, 1.165) is 58.2 Å². The first-order valence-corrected chi connectivity index (χ1v) is 12.4. The van der Waals surface area contributed by atoms with Gasteiger partial charge in [0.1, 0.15) is 0 Å². The molecule has 0 radical (unpaired) electrons. The van der Waals surface area contributed by atoms with Gasteiger partial charge in [-0.1, -0.05) is 18.2 Å². The second-order valence-electron chi connectivity index (χ2n) is 8.12. The molecule has 170 valence electrons. The predicted octanol–water partition coefficient (Wildman–Crippen LogP) is 4.06. The fourth-order valence-corrected chi connectivity index (χ4v) is 4.88. The number of fused-ring (bicyclic) bond motifs is 4. The van der Waals surface area contributed by atoms with Gasteiger partial charge in [-0.2, -0.15) is 13.0 Å². The highest BCUT2D eigenvalue weighted by Gasteiger charge is 2.22. The maximum atomic E-state index is 11.2. The number of hydrogen-bond acceptors (Lipinski definition) is 4. The second-order valence-corrected chi connectivity index (χ2v) is 9.69. The Morgan fingerprint density at radius 1 is 1.06 bits per heavy atom. The second kappa shape index (κ2) is 8.91. The lowest BCUT2D eigenvalue weighted by molar-refractivity contribution is -0.683. The Morgan fingerprint density at radius 2 is 1.84 bits per heavy atom. The number of aliphatic carboxylic acids is 1. The molecule has 0 amide bonds. The third-order valence-electron chi connectivity index (χ3n) is 5.84. The van der Waals surface area contributed by atoms with Gasteiger partial charge in [-0.25, -0.2) is 0 Å². The number of hydrogen-bond donors (Lipinski definition) is 2. The first kappa shape index (κ1) is 22.3.